The topological polar surface area (TPSA) is 64.4 Å². The number of aromatic nitrogens is 2. The van der Waals surface area contributed by atoms with Gasteiger partial charge in [0.25, 0.3) is 0 Å². The Balaban J connectivity index is 1.92. The van der Waals surface area contributed by atoms with Gasteiger partial charge in [0.1, 0.15) is 5.82 Å². The molecule has 2 atom stereocenters. The largest absolute Gasteiger partial charge is 0.379 e. The zero-order valence-electron chi connectivity index (χ0n) is 15.1. The number of ether oxygens (including phenoxy) is 1. The highest BCUT2D eigenvalue weighted by Gasteiger charge is 2.35. The van der Waals surface area contributed by atoms with E-state index in [1.165, 1.54) is 15.4 Å². The van der Waals surface area contributed by atoms with Crippen LogP contribution in [0.2, 0.25) is 0 Å². The molecule has 1 aromatic heterocycles. The third kappa shape index (κ3) is 3.63. The predicted octanol–water partition coefficient (Wildman–Crippen LogP) is 2.25. The van der Waals surface area contributed by atoms with Crippen molar-refractivity contribution in [3.05, 3.63) is 41.7 Å². The number of hydrogen-bond donors (Lipinski definition) is 0. The van der Waals surface area contributed by atoms with E-state index >= 15 is 0 Å². The maximum absolute atomic E-state index is 12.3. The fourth-order valence-corrected chi connectivity index (χ4v) is 4.32. The molecule has 2 aromatic rings. The maximum atomic E-state index is 12.3. The van der Waals surface area contributed by atoms with Crippen molar-refractivity contribution in [1.29, 1.82) is 0 Å². The number of imidazole rings is 1. The molecule has 1 aliphatic rings. The zero-order chi connectivity index (χ0) is 18.2. The Bertz CT molecular complexity index is 858. The van der Waals surface area contributed by atoms with E-state index in [1.54, 1.807) is 20.3 Å². The summed E-state index contributed by atoms with van der Waals surface area (Å²) in [7, 11) is -0.141. The molecule has 136 valence electrons. The smallest absolute Gasteiger partial charge is 0.214 e. The van der Waals surface area contributed by atoms with Gasteiger partial charge in [-0.15, -0.1) is 0 Å². The summed E-state index contributed by atoms with van der Waals surface area (Å²) in [6, 6.07) is 6.23. The molecule has 0 bridgehead atoms. The first kappa shape index (κ1) is 18.1. The Labute approximate surface area is 149 Å². The molecular formula is C18H25N3O3S. The zero-order valence-corrected chi connectivity index (χ0v) is 16.0. The van der Waals surface area contributed by atoms with Crippen molar-refractivity contribution in [2.45, 2.75) is 19.9 Å². The van der Waals surface area contributed by atoms with Crippen molar-refractivity contribution in [3.63, 3.8) is 0 Å². The Morgan fingerprint density at radius 2 is 2.00 bits per heavy atom. The number of aryl methyl sites for hydroxylation is 2. The van der Waals surface area contributed by atoms with Gasteiger partial charge < -0.3 is 9.30 Å². The van der Waals surface area contributed by atoms with Crippen molar-refractivity contribution in [2.75, 3.05) is 33.1 Å². The molecule has 3 rings (SSSR count). The van der Waals surface area contributed by atoms with E-state index in [1.807, 2.05) is 6.20 Å². The molecule has 25 heavy (non-hydrogen) atoms. The first-order valence-electron chi connectivity index (χ1n) is 8.38. The van der Waals surface area contributed by atoms with E-state index in [0.29, 0.717) is 13.2 Å². The summed E-state index contributed by atoms with van der Waals surface area (Å²) in [4.78, 5) is 4.52. The van der Waals surface area contributed by atoms with E-state index in [9.17, 15) is 8.42 Å². The first-order chi connectivity index (χ1) is 11.8. The van der Waals surface area contributed by atoms with Crippen molar-refractivity contribution in [2.24, 2.45) is 5.92 Å². The van der Waals surface area contributed by atoms with E-state index in [4.69, 9.17) is 4.74 Å². The molecule has 0 radical (unpaired) electrons. The summed E-state index contributed by atoms with van der Waals surface area (Å²) in [5.41, 5.74) is 3.48. The van der Waals surface area contributed by atoms with Gasteiger partial charge in [0.2, 0.25) is 10.0 Å². The summed E-state index contributed by atoms with van der Waals surface area (Å²) in [6.07, 6.45) is 3.68. The van der Waals surface area contributed by atoms with Gasteiger partial charge in [-0.25, -0.2) is 17.7 Å². The van der Waals surface area contributed by atoms with Gasteiger partial charge in [0.15, 0.2) is 0 Å². The molecule has 0 saturated carbocycles. The molecule has 0 unspecified atom stereocenters. The quantitative estimate of drug-likeness (QED) is 0.817. The van der Waals surface area contributed by atoms with Gasteiger partial charge in [0, 0.05) is 38.0 Å². The number of sulfonamides is 1. The van der Waals surface area contributed by atoms with Crippen molar-refractivity contribution in [1.82, 2.24) is 13.9 Å². The van der Waals surface area contributed by atoms with Crippen LogP contribution in [-0.4, -0.2) is 55.3 Å². The van der Waals surface area contributed by atoms with Crippen LogP contribution in [-0.2, 0) is 14.8 Å². The second kappa shape index (κ2) is 6.90. The Morgan fingerprint density at radius 1 is 1.24 bits per heavy atom. The highest BCUT2D eigenvalue weighted by molar-refractivity contribution is 7.89. The van der Waals surface area contributed by atoms with Gasteiger partial charge in [-0.05, 0) is 31.0 Å². The van der Waals surface area contributed by atoms with E-state index in [2.05, 4.69) is 41.6 Å². The lowest BCUT2D eigenvalue weighted by Crippen LogP contribution is -2.32. The number of rotatable bonds is 5. The highest BCUT2D eigenvalue weighted by Crippen LogP contribution is 2.32. The summed E-state index contributed by atoms with van der Waals surface area (Å²) in [5, 5.41) is 0. The van der Waals surface area contributed by atoms with Crippen molar-refractivity contribution >= 4 is 10.0 Å². The maximum Gasteiger partial charge on any atom is 0.214 e. The molecule has 1 fully saturated rings. The normalized spacial score (nSPS) is 21.2. The predicted molar refractivity (Wildman–Crippen MR) is 98.0 cm³/mol. The second-order valence-electron chi connectivity index (χ2n) is 6.88. The molecule has 2 heterocycles. The average Bonchev–Trinajstić information content (AvgIpc) is 3.18. The minimum absolute atomic E-state index is 0.0335. The van der Waals surface area contributed by atoms with Gasteiger partial charge in [-0.1, -0.05) is 12.1 Å². The number of benzene rings is 1. The lowest BCUT2D eigenvalue weighted by atomic mass is 10.0. The molecular weight excluding hydrogens is 338 g/mol. The lowest BCUT2D eigenvalue weighted by molar-refractivity contribution is 0.182. The van der Waals surface area contributed by atoms with E-state index in [-0.39, 0.29) is 17.7 Å². The summed E-state index contributed by atoms with van der Waals surface area (Å²) < 4.78 is 33.5. The van der Waals surface area contributed by atoms with E-state index in [0.717, 1.165) is 11.4 Å². The van der Waals surface area contributed by atoms with Crippen LogP contribution in [0.4, 0.5) is 0 Å². The minimum atomic E-state index is -3.28. The van der Waals surface area contributed by atoms with Gasteiger partial charge in [-0.3, -0.25) is 0 Å². The fraction of sp³-hybridized carbons (Fsp3) is 0.500. The van der Waals surface area contributed by atoms with Crippen LogP contribution in [0.1, 0.15) is 17.2 Å². The van der Waals surface area contributed by atoms with Crippen LogP contribution in [0, 0.1) is 19.8 Å². The van der Waals surface area contributed by atoms with Crippen LogP contribution in [0.3, 0.4) is 0 Å². The standard InChI is InChI=1S/C18H25N3O3S/c1-13-5-6-15(9-14(13)2)18-19-7-8-21(18)17-11-24-10-16(17)12-25(22,23)20(3)4/h5-9,16-17H,10-12H2,1-4H3/t16-,17+/m0/s1. The van der Waals surface area contributed by atoms with E-state index < -0.39 is 10.0 Å². The summed E-state index contributed by atoms with van der Waals surface area (Å²) in [6.45, 7) is 5.11. The molecule has 1 aromatic carbocycles. The molecule has 0 N–H and O–H groups in total. The Morgan fingerprint density at radius 3 is 2.68 bits per heavy atom. The number of nitrogens with zero attached hydrogens (tertiary/aromatic N) is 3. The van der Waals surface area contributed by atoms with Crippen LogP contribution in [0.15, 0.2) is 30.6 Å². The molecule has 7 heteroatoms. The Hall–Kier alpha value is -1.70. The number of hydrogen-bond acceptors (Lipinski definition) is 4. The highest BCUT2D eigenvalue weighted by atomic mass is 32.2. The van der Waals surface area contributed by atoms with Crippen LogP contribution in [0.25, 0.3) is 11.4 Å². The molecule has 0 amide bonds. The minimum Gasteiger partial charge on any atom is -0.379 e. The van der Waals surface area contributed by atoms with Crippen molar-refractivity contribution in [3.8, 4) is 11.4 Å². The van der Waals surface area contributed by atoms with Crippen LogP contribution >= 0.6 is 0 Å². The SMILES string of the molecule is Cc1ccc(-c2nccn2[C@@H]2COC[C@H]2CS(=O)(=O)N(C)C)cc1C. The molecule has 0 aliphatic carbocycles. The summed E-state index contributed by atoms with van der Waals surface area (Å²) >= 11 is 0. The van der Waals surface area contributed by atoms with Crippen LogP contribution < -0.4 is 0 Å². The molecule has 0 spiro atoms. The second-order valence-corrected chi connectivity index (χ2v) is 9.11. The first-order valence-corrected chi connectivity index (χ1v) is 9.99. The average molecular weight is 363 g/mol. The lowest BCUT2D eigenvalue weighted by Gasteiger charge is -2.22. The summed E-state index contributed by atoms with van der Waals surface area (Å²) in [5.74, 6) is 0.840. The van der Waals surface area contributed by atoms with Gasteiger partial charge >= 0.3 is 0 Å². The van der Waals surface area contributed by atoms with Gasteiger partial charge in [0.05, 0.1) is 25.0 Å². The third-order valence-corrected chi connectivity index (χ3v) is 6.90. The molecule has 1 saturated heterocycles. The fourth-order valence-electron chi connectivity index (χ4n) is 3.16. The van der Waals surface area contributed by atoms with Crippen LogP contribution in [0.5, 0.6) is 0 Å². The monoisotopic (exact) mass is 363 g/mol. The van der Waals surface area contributed by atoms with Crippen molar-refractivity contribution < 1.29 is 13.2 Å². The van der Waals surface area contributed by atoms with Gasteiger partial charge in [-0.2, -0.15) is 0 Å². The Kier molecular flexibility index (Phi) is 4.99. The third-order valence-electron chi connectivity index (χ3n) is 4.94. The molecule has 6 nitrogen and oxygen atoms in total. The molecule has 1 aliphatic heterocycles.